The molecule has 1 aromatic rings. The fraction of sp³-hybridized carbons (Fsp3) is 0.765. The molecule has 0 saturated carbocycles. The van der Waals surface area contributed by atoms with E-state index in [1.54, 1.807) is 6.92 Å². The second-order valence-corrected chi connectivity index (χ2v) is 9.08. The van der Waals surface area contributed by atoms with Gasteiger partial charge in [-0.05, 0) is 37.7 Å². The van der Waals surface area contributed by atoms with Crippen molar-refractivity contribution in [2.45, 2.75) is 45.0 Å². The molecule has 0 spiro atoms. The number of alkyl halides is 3. The summed E-state index contributed by atoms with van der Waals surface area (Å²) in [5, 5.41) is 11.8. The lowest BCUT2D eigenvalue weighted by atomic mass is 10.0. The number of aliphatic carboxylic acids is 1. The number of fused-ring (bicyclic) bond motifs is 1. The van der Waals surface area contributed by atoms with Crippen molar-refractivity contribution in [3.8, 4) is 0 Å². The molecule has 1 saturated heterocycles. The van der Waals surface area contributed by atoms with Crippen molar-refractivity contribution >= 4 is 16.0 Å². The number of hydrogen-bond donors (Lipinski definition) is 2. The Morgan fingerprint density at radius 2 is 1.97 bits per heavy atom. The van der Waals surface area contributed by atoms with Crippen LogP contribution < -0.4 is 4.72 Å². The molecule has 1 unspecified atom stereocenters. The summed E-state index contributed by atoms with van der Waals surface area (Å²) >= 11 is 0. The van der Waals surface area contributed by atoms with E-state index in [9.17, 15) is 21.6 Å². The first kappa shape index (κ1) is 24.6. The van der Waals surface area contributed by atoms with Gasteiger partial charge in [-0.1, -0.05) is 0 Å². The first-order chi connectivity index (χ1) is 14.0. The molecule has 0 radical (unpaired) electrons. The van der Waals surface area contributed by atoms with Crippen molar-refractivity contribution in [1.29, 1.82) is 0 Å². The number of halogens is 3. The number of sulfonamides is 1. The van der Waals surface area contributed by atoms with Crippen LogP contribution in [0.3, 0.4) is 0 Å². The number of carboxylic acids is 1. The lowest BCUT2D eigenvalue weighted by Gasteiger charge is -2.22. The van der Waals surface area contributed by atoms with Gasteiger partial charge in [0.05, 0.1) is 18.1 Å². The summed E-state index contributed by atoms with van der Waals surface area (Å²) < 4.78 is 70.7. The molecule has 30 heavy (non-hydrogen) atoms. The molecule has 1 aromatic heterocycles. The molecule has 2 N–H and O–H groups in total. The van der Waals surface area contributed by atoms with Gasteiger partial charge < -0.3 is 14.6 Å². The summed E-state index contributed by atoms with van der Waals surface area (Å²) in [7, 11) is -3.22. The molecule has 172 valence electrons. The molecular weight excluding hydrogens is 431 g/mol. The van der Waals surface area contributed by atoms with E-state index in [2.05, 4.69) is 16.0 Å². The van der Waals surface area contributed by atoms with E-state index in [1.807, 2.05) is 4.68 Å². The highest BCUT2D eigenvalue weighted by molar-refractivity contribution is 7.89. The number of aromatic nitrogens is 2. The van der Waals surface area contributed by atoms with E-state index < -0.39 is 22.2 Å². The van der Waals surface area contributed by atoms with Gasteiger partial charge in [0.2, 0.25) is 10.0 Å². The third-order valence-electron chi connectivity index (χ3n) is 4.76. The smallest absolute Gasteiger partial charge is 0.475 e. The molecule has 0 amide bonds. The van der Waals surface area contributed by atoms with Crippen molar-refractivity contribution in [1.82, 2.24) is 14.5 Å². The molecule has 3 rings (SSSR count). The highest BCUT2D eigenvalue weighted by Crippen LogP contribution is 2.26. The maximum atomic E-state index is 11.6. The lowest BCUT2D eigenvalue weighted by Crippen LogP contribution is -2.32. The van der Waals surface area contributed by atoms with Gasteiger partial charge in [0.15, 0.2) is 0 Å². The number of carbonyl (C=O) groups is 1. The number of nitrogens with zero attached hydrogens (tertiary/aromatic N) is 2. The van der Waals surface area contributed by atoms with Crippen LogP contribution in [-0.2, 0) is 37.3 Å². The number of nitrogens with one attached hydrogen (secondary N) is 1. The van der Waals surface area contributed by atoms with E-state index in [0.29, 0.717) is 12.5 Å². The monoisotopic (exact) mass is 457 g/mol. The highest BCUT2D eigenvalue weighted by Gasteiger charge is 2.38. The van der Waals surface area contributed by atoms with Crippen LogP contribution in [0.25, 0.3) is 0 Å². The Labute approximate surface area is 172 Å². The number of carboxylic acid groups (broad SMARTS) is 1. The largest absolute Gasteiger partial charge is 0.490 e. The van der Waals surface area contributed by atoms with Crippen LogP contribution >= 0.6 is 0 Å². The molecule has 9 nitrogen and oxygen atoms in total. The van der Waals surface area contributed by atoms with Gasteiger partial charge in [-0.3, -0.25) is 4.68 Å². The van der Waals surface area contributed by atoms with Gasteiger partial charge in [0, 0.05) is 32.5 Å². The van der Waals surface area contributed by atoms with Gasteiger partial charge >= 0.3 is 12.1 Å². The molecule has 13 heteroatoms. The van der Waals surface area contributed by atoms with Gasteiger partial charge in [0.25, 0.3) is 0 Å². The van der Waals surface area contributed by atoms with Crippen molar-refractivity contribution in [2.75, 3.05) is 32.1 Å². The molecular formula is C17H26F3N3O6S. The van der Waals surface area contributed by atoms with E-state index in [1.165, 1.54) is 5.56 Å². The van der Waals surface area contributed by atoms with Crippen LogP contribution in [0.15, 0.2) is 6.20 Å². The van der Waals surface area contributed by atoms with Crippen molar-refractivity contribution in [3.63, 3.8) is 0 Å². The summed E-state index contributed by atoms with van der Waals surface area (Å²) in [5.41, 5.74) is 2.05. The van der Waals surface area contributed by atoms with E-state index >= 15 is 0 Å². The van der Waals surface area contributed by atoms with Gasteiger partial charge in [-0.2, -0.15) is 18.3 Å². The van der Waals surface area contributed by atoms with E-state index in [4.69, 9.17) is 19.4 Å². The molecule has 2 aliphatic heterocycles. The summed E-state index contributed by atoms with van der Waals surface area (Å²) in [4.78, 5) is 8.90. The van der Waals surface area contributed by atoms with Crippen LogP contribution in [0.1, 0.15) is 37.1 Å². The Bertz CT molecular complexity index is 806. The predicted octanol–water partition coefficient (Wildman–Crippen LogP) is 1.50. The summed E-state index contributed by atoms with van der Waals surface area (Å²) in [5.74, 6) is -2.08. The minimum absolute atomic E-state index is 0.0742. The van der Waals surface area contributed by atoms with Crippen molar-refractivity contribution < 1.29 is 41.0 Å². The quantitative estimate of drug-likeness (QED) is 0.664. The molecule has 2 aliphatic rings. The van der Waals surface area contributed by atoms with Crippen LogP contribution in [0.2, 0.25) is 0 Å². The predicted molar refractivity (Wildman–Crippen MR) is 99.3 cm³/mol. The molecule has 0 aromatic carbocycles. The number of ether oxygens (including phenoxy) is 2. The lowest BCUT2D eigenvalue weighted by molar-refractivity contribution is -0.192. The fourth-order valence-corrected chi connectivity index (χ4v) is 3.69. The van der Waals surface area contributed by atoms with Crippen LogP contribution in [0, 0.1) is 5.92 Å². The standard InChI is InChI=1S/C15H25N3O4S.C2HF3O2/c1-2-23(19,20)16-9-14-15-13(5-8-22-14)11-18(17-15)10-12-3-6-21-7-4-12;3-2(4,5)1(6)7/h11-12,14,16H,2-10H2,1H3;(H,6,7). The van der Waals surface area contributed by atoms with Gasteiger partial charge in [-0.25, -0.2) is 17.9 Å². The molecule has 0 bridgehead atoms. The highest BCUT2D eigenvalue weighted by atomic mass is 32.2. The Kier molecular flexibility index (Phi) is 8.64. The Morgan fingerprint density at radius 3 is 2.53 bits per heavy atom. The Morgan fingerprint density at radius 1 is 1.33 bits per heavy atom. The Balaban J connectivity index is 0.000000396. The summed E-state index contributed by atoms with van der Waals surface area (Å²) in [6.07, 6.45) is -0.313. The molecule has 1 fully saturated rings. The normalized spacial score (nSPS) is 20.2. The van der Waals surface area contributed by atoms with Crippen molar-refractivity contribution in [3.05, 3.63) is 17.5 Å². The topological polar surface area (TPSA) is 120 Å². The fourth-order valence-electron chi connectivity index (χ4n) is 3.08. The maximum absolute atomic E-state index is 11.6. The van der Waals surface area contributed by atoms with E-state index in [0.717, 1.165) is 44.7 Å². The first-order valence-electron chi connectivity index (χ1n) is 9.55. The minimum Gasteiger partial charge on any atom is -0.475 e. The summed E-state index contributed by atoms with van der Waals surface area (Å²) in [6.45, 7) is 5.03. The van der Waals surface area contributed by atoms with Gasteiger partial charge in [0.1, 0.15) is 6.10 Å². The van der Waals surface area contributed by atoms with Crippen LogP contribution in [0.5, 0.6) is 0 Å². The minimum atomic E-state index is -5.08. The average Bonchev–Trinajstić information content (AvgIpc) is 3.10. The average molecular weight is 457 g/mol. The summed E-state index contributed by atoms with van der Waals surface area (Å²) in [6, 6.07) is 0. The first-order valence-corrected chi connectivity index (χ1v) is 11.2. The zero-order chi connectivity index (χ0) is 22.4. The maximum Gasteiger partial charge on any atom is 0.490 e. The third-order valence-corrected chi connectivity index (χ3v) is 6.13. The number of hydrogen-bond acceptors (Lipinski definition) is 6. The van der Waals surface area contributed by atoms with Crippen LogP contribution in [-0.4, -0.2) is 67.6 Å². The second-order valence-electron chi connectivity index (χ2n) is 6.98. The zero-order valence-electron chi connectivity index (χ0n) is 16.5. The molecule has 1 atom stereocenters. The number of rotatable bonds is 6. The van der Waals surface area contributed by atoms with Crippen LogP contribution in [0.4, 0.5) is 13.2 Å². The van der Waals surface area contributed by atoms with E-state index in [-0.39, 0.29) is 18.4 Å². The molecule has 3 heterocycles. The Hall–Kier alpha value is -1.70. The molecule has 0 aliphatic carbocycles. The van der Waals surface area contributed by atoms with Crippen molar-refractivity contribution in [2.24, 2.45) is 5.92 Å². The van der Waals surface area contributed by atoms with Gasteiger partial charge in [-0.15, -0.1) is 0 Å². The third kappa shape index (κ3) is 7.52. The second kappa shape index (κ2) is 10.6. The SMILES string of the molecule is CCS(=O)(=O)NCC1OCCc2cn(CC3CCOCC3)nc21.O=C(O)C(F)(F)F. The zero-order valence-corrected chi connectivity index (χ0v) is 17.3.